The summed E-state index contributed by atoms with van der Waals surface area (Å²) in [7, 11) is 0. The van der Waals surface area contributed by atoms with Gasteiger partial charge in [0.15, 0.2) is 0 Å². The molecule has 0 heterocycles. The maximum atomic E-state index is 13.3. The van der Waals surface area contributed by atoms with Crippen molar-refractivity contribution in [1.82, 2.24) is 0 Å². The average molecular weight is 463 g/mol. The second-order valence-electron chi connectivity index (χ2n) is 9.24. The molecular formula is C30H38O4. The first-order valence-corrected chi connectivity index (χ1v) is 12.8. The molecule has 4 nitrogen and oxygen atoms in total. The molecule has 0 spiro atoms. The fourth-order valence-corrected chi connectivity index (χ4v) is 4.43. The normalized spacial score (nSPS) is 11.2. The Balaban J connectivity index is 2.05. The Morgan fingerprint density at radius 1 is 0.588 bits per heavy atom. The molecule has 182 valence electrons. The van der Waals surface area contributed by atoms with Crippen LogP contribution in [0.4, 0.5) is 0 Å². The molecule has 0 saturated carbocycles. The van der Waals surface area contributed by atoms with Crippen LogP contribution in [0.2, 0.25) is 0 Å². The number of unbranched alkanes of at least 4 members (excludes halogenated alkanes) is 6. The van der Waals surface area contributed by atoms with E-state index in [1.807, 2.05) is 50.2 Å². The van der Waals surface area contributed by atoms with E-state index in [1.54, 1.807) is 0 Å². The van der Waals surface area contributed by atoms with Crippen molar-refractivity contribution in [3.05, 3.63) is 58.7 Å². The van der Waals surface area contributed by atoms with E-state index in [-0.39, 0.29) is 11.9 Å². The first kappa shape index (κ1) is 25.7. The van der Waals surface area contributed by atoms with E-state index in [1.165, 1.54) is 0 Å². The molecule has 3 aromatic rings. The van der Waals surface area contributed by atoms with Gasteiger partial charge >= 0.3 is 11.9 Å². The molecule has 0 aromatic heterocycles. The molecule has 3 rings (SSSR count). The zero-order valence-electron chi connectivity index (χ0n) is 21.2. The summed E-state index contributed by atoms with van der Waals surface area (Å²) in [5, 5.41) is 2.96. The van der Waals surface area contributed by atoms with Crippen LogP contribution in [-0.2, 0) is 9.47 Å². The van der Waals surface area contributed by atoms with Gasteiger partial charge in [-0.2, -0.15) is 0 Å². The topological polar surface area (TPSA) is 52.6 Å². The van der Waals surface area contributed by atoms with Crippen molar-refractivity contribution in [1.29, 1.82) is 0 Å². The molecule has 0 amide bonds. The third-order valence-corrected chi connectivity index (χ3v) is 6.30. The van der Waals surface area contributed by atoms with Crippen LogP contribution in [0.3, 0.4) is 0 Å². The number of carbonyl (C=O) groups is 2. The minimum atomic E-state index is -0.335. The molecular weight excluding hydrogens is 424 g/mol. The standard InChI is InChI=1S/C30H38O4/c1-5-7-9-11-17-33-29(31)27-23-15-13-21(3)19-25(23)28(26-20-22(4)14-16-24(26)27)30(32)34-18-12-10-8-6-2/h13-16,19-20H,5-12,17-18H2,1-4H3. The van der Waals surface area contributed by atoms with Crippen molar-refractivity contribution in [3.63, 3.8) is 0 Å². The molecule has 0 unspecified atom stereocenters. The molecule has 3 aromatic carbocycles. The van der Waals surface area contributed by atoms with Gasteiger partial charge in [0.1, 0.15) is 0 Å². The van der Waals surface area contributed by atoms with Crippen LogP contribution in [0.15, 0.2) is 36.4 Å². The highest BCUT2D eigenvalue weighted by atomic mass is 16.5. The van der Waals surface area contributed by atoms with Crippen molar-refractivity contribution in [2.24, 2.45) is 0 Å². The molecule has 0 aliphatic rings. The smallest absolute Gasteiger partial charge is 0.339 e. The lowest BCUT2D eigenvalue weighted by Crippen LogP contribution is -2.12. The average Bonchev–Trinajstić information content (AvgIpc) is 2.81. The largest absolute Gasteiger partial charge is 0.462 e. The summed E-state index contributed by atoms with van der Waals surface area (Å²) < 4.78 is 11.4. The highest BCUT2D eigenvalue weighted by Gasteiger charge is 2.24. The van der Waals surface area contributed by atoms with Gasteiger partial charge in [-0.3, -0.25) is 0 Å². The monoisotopic (exact) mass is 462 g/mol. The number of benzene rings is 3. The number of hydrogen-bond donors (Lipinski definition) is 0. The summed E-state index contributed by atoms with van der Waals surface area (Å²) in [5.74, 6) is -0.666. The van der Waals surface area contributed by atoms with Gasteiger partial charge in [-0.15, -0.1) is 0 Å². The lowest BCUT2D eigenvalue weighted by molar-refractivity contribution is 0.0490. The zero-order chi connectivity index (χ0) is 24.5. The summed E-state index contributed by atoms with van der Waals surface area (Å²) in [5.41, 5.74) is 3.11. The van der Waals surface area contributed by atoms with Gasteiger partial charge in [-0.05, 0) is 48.2 Å². The lowest BCUT2D eigenvalue weighted by Gasteiger charge is -2.17. The predicted molar refractivity (Wildman–Crippen MR) is 140 cm³/mol. The third kappa shape index (κ3) is 6.16. The first-order chi connectivity index (χ1) is 16.5. The quantitative estimate of drug-likeness (QED) is 0.155. The predicted octanol–water partition coefficient (Wildman–Crippen LogP) is 8.08. The molecule has 4 heteroatoms. The van der Waals surface area contributed by atoms with Gasteiger partial charge in [-0.25, -0.2) is 9.59 Å². The number of carbonyl (C=O) groups excluding carboxylic acids is 2. The van der Waals surface area contributed by atoms with Crippen LogP contribution in [0.1, 0.15) is 97.1 Å². The molecule has 0 radical (unpaired) electrons. The molecule has 0 fully saturated rings. The van der Waals surface area contributed by atoms with Gasteiger partial charge in [0, 0.05) is 0 Å². The summed E-state index contributed by atoms with van der Waals surface area (Å²) in [6, 6.07) is 11.7. The van der Waals surface area contributed by atoms with E-state index in [4.69, 9.17) is 9.47 Å². The molecule has 0 aliphatic carbocycles. The highest BCUT2D eigenvalue weighted by molar-refractivity contribution is 6.24. The Labute approximate surface area is 203 Å². The van der Waals surface area contributed by atoms with Crippen LogP contribution in [-0.4, -0.2) is 25.2 Å². The first-order valence-electron chi connectivity index (χ1n) is 12.8. The summed E-state index contributed by atoms with van der Waals surface area (Å²) in [6.45, 7) is 9.11. The van der Waals surface area contributed by atoms with Crippen LogP contribution in [0, 0.1) is 13.8 Å². The van der Waals surface area contributed by atoms with Gasteiger partial charge in [0.25, 0.3) is 0 Å². The fourth-order valence-electron chi connectivity index (χ4n) is 4.43. The Morgan fingerprint density at radius 2 is 1.00 bits per heavy atom. The van der Waals surface area contributed by atoms with Gasteiger partial charge in [0.2, 0.25) is 0 Å². The molecule has 0 atom stereocenters. The number of hydrogen-bond acceptors (Lipinski definition) is 4. The molecule has 0 saturated heterocycles. The van der Waals surface area contributed by atoms with Crippen molar-refractivity contribution in [2.45, 2.75) is 79.1 Å². The van der Waals surface area contributed by atoms with Crippen molar-refractivity contribution >= 4 is 33.5 Å². The number of ether oxygens (including phenoxy) is 2. The van der Waals surface area contributed by atoms with Crippen LogP contribution < -0.4 is 0 Å². The molecule has 34 heavy (non-hydrogen) atoms. The van der Waals surface area contributed by atoms with Crippen molar-refractivity contribution < 1.29 is 19.1 Å². The number of esters is 2. The van der Waals surface area contributed by atoms with Gasteiger partial charge < -0.3 is 9.47 Å². The number of aryl methyl sites for hydroxylation is 2. The van der Waals surface area contributed by atoms with Crippen molar-refractivity contribution in [3.8, 4) is 0 Å². The van der Waals surface area contributed by atoms with Crippen molar-refractivity contribution in [2.75, 3.05) is 13.2 Å². The third-order valence-electron chi connectivity index (χ3n) is 6.30. The fraction of sp³-hybridized carbons (Fsp3) is 0.467. The van der Waals surface area contributed by atoms with E-state index in [0.29, 0.717) is 24.3 Å². The Hall–Kier alpha value is -2.88. The second kappa shape index (κ2) is 12.5. The Kier molecular flexibility index (Phi) is 9.50. The number of fused-ring (bicyclic) bond motifs is 2. The molecule has 0 N–H and O–H groups in total. The van der Waals surface area contributed by atoms with Crippen LogP contribution in [0.5, 0.6) is 0 Å². The van der Waals surface area contributed by atoms with E-state index in [2.05, 4.69) is 13.8 Å². The van der Waals surface area contributed by atoms with E-state index in [9.17, 15) is 9.59 Å². The minimum Gasteiger partial charge on any atom is -0.462 e. The minimum absolute atomic E-state index is 0.331. The lowest BCUT2D eigenvalue weighted by atomic mass is 9.90. The number of rotatable bonds is 12. The maximum absolute atomic E-state index is 13.3. The van der Waals surface area contributed by atoms with E-state index >= 15 is 0 Å². The van der Waals surface area contributed by atoms with E-state index in [0.717, 1.165) is 84.0 Å². The van der Waals surface area contributed by atoms with Crippen LogP contribution in [0.25, 0.3) is 21.5 Å². The molecule has 0 bridgehead atoms. The summed E-state index contributed by atoms with van der Waals surface area (Å²) in [6.07, 6.45) is 8.36. The maximum Gasteiger partial charge on any atom is 0.339 e. The van der Waals surface area contributed by atoms with E-state index < -0.39 is 0 Å². The van der Waals surface area contributed by atoms with Gasteiger partial charge in [0.05, 0.1) is 24.3 Å². The zero-order valence-corrected chi connectivity index (χ0v) is 21.2. The van der Waals surface area contributed by atoms with Crippen LogP contribution >= 0.6 is 0 Å². The molecule has 0 aliphatic heterocycles. The SMILES string of the molecule is CCCCCCOC(=O)c1c2ccc(C)cc2c(C(=O)OCCCCCC)c2cc(C)ccc12. The summed E-state index contributed by atoms with van der Waals surface area (Å²) >= 11 is 0. The highest BCUT2D eigenvalue weighted by Crippen LogP contribution is 2.35. The Bertz CT molecular complexity index is 1080. The van der Waals surface area contributed by atoms with Gasteiger partial charge in [-0.1, -0.05) is 99.9 Å². The Morgan fingerprint density at radius 3 is 1.41 bits per heavy atom. The second-order valence-corrected chi connectivity index (χ2v) is 9.24. The summed E-state index contributed by atoms with van der Waals surface area (Å²) in [4.78, 5) is 26.6.